The molecule has 0 bridgehead atoms. The topological polar surface area (TPSA) is 32.9 Å². The van der Waals surface area contributed by atoms with E-state index in [0.29, 0.717) is 11.3 Å². The van der Waals surface area contributed by atoms with Gasteiger partial charge in [0.15, 0.2) is 0 Å². The molecule has 0 aliphatic heterocycles. The standard InChI is InChI=1S/C14H13Br2NO/c1-7-8(2)13(17-9(7)3)14(18)10-4-11(15)6-12(16)5-10/h4-6,17H,1-3H3. The molecule has 0 fully saturated rings. The van der Waals surface area contributed by atoms with Crippen LogP contribution in [0.5, 0.6) is 0 Å². The Bertz CT molecular complexity index is 609. The van der Waals surface area contributed by atoms with Gasteiger partial charge in [0, 0.05) is 20.2 Å². The largest absolute Gasteiger partial charge is 0.356 e. The van der Waals surface area contributed by atoms with Gasteiger partial charge in [0.2, 0.25) is 5.78 Å². The van der Waals surface area contributed by atoms with Crippen molar-refractivity contribution < 1.29 is 4.79 Å². The summed E-state index contributed by atoms with van der Waals surface area (Å²) in [4.78, 5) is 15.6. The molecule has 0 saturated carbocycles. The van der Waals surface area contributed by atoms with Crippen LogP contribution in [-0.4, -0.2) is 10.8 Å². The maximum Gasteiger partial charge on any atom is 0.209 e. The molecule has 1 heterocycles. The Labute approximate surface area is 123 Å². The molecule has 4 heteroatoms. The molecule has 1 aromatic heterocycles. The molecule has 0 atom stereocenters. The third-order valence-electron chi connectivity index (χ3n) is 3.16. The van der Waals surface area contributed by atoms with Gasteiger partial charge in [0.1, 0.15) is 0 Å². The van der Waals surface area contributed by atoms with Crippen LogP contribution in [-0.2, 0) is 0 Å². The minimum Gasteiger partial charge on any atom is -0.356 e. The Balaban J connectivity index is 2.51. The van der Waals surface area contributed by atoms with Crippen LogP contribution in [0.2, 0.25) is 0 Å². The molecule has 0 amide bonds. The second-order valence-electron chi connectivity index (χ2n) is 4.36. The first-order chi connectivity index (χ1) is 8.40. The van der Waals surface area contributed by atoms with Crippen molar-refractivity contribution in [3.63, 3.8) is 0 Å². The van der Waals surface area contributed by atoms with Crippen LogP contribution in [0.25, 0.3) is 0 Å². The Morgan fingerprint density at radius 2 is 1.56 bits per heavy atom. The summed E-state index contributed by atoms with van der Waals surface area (Å²) in [5, 5.41) is 0. The van der Waals surface area contributed by atoms with E-state index in [2.05, 4.69) is 36.8 Å². The average Bonchev–Trinajstić information content (AvgIpc) is 2.55. The third-order valence-corrected chi connectivity index (χ3v) is 4.08. The number of benzene rings is 1. The summed E-state index contributed by atoms with van der Waals surface area (Å²) < 4.78 is 1.77. The minimum absolute atomic E-state index is 0.0192. The highest BCUT2D eigenvalue weighted by molar-refractivity contribution is 9.11. The second-order valence-corrected chi connectivity index (χ2v) is 6.19. The molecule has 1 N–H and O–H groups in total. The Morgan fingerprint density at radius 3 is 2.00 bits per heavy atom. The predicted octanol–water partition coefficient (Wildman–Crippen LogP) is 4.70. The summed E-state index contributed by atoms with van der Waals surface area (Å²) in [6.45, 7) is 5.98. The highest BCUT2D eigenvalue weighted by atomic mass is 79.9. The molecule has 0 radical (unpaired) electrons. The maximum absolute atomic E-state index is 12.5. The highest BCUT2D eigenvalue weighted by Gasteiger charge is 2.17. The van der Waals surface area contributed by atoms with E-state index in [-0.39, 0.29) is 5.78 Å². The zero-order valence-corrected chi connectivity index (χ0v) is 13.6. The highest BCUT2D eigenvalue weighted by Crippen LogP contribution is 2.24. The van der Waals surface area contributed by atoms with E-state index in [1.165, 1.54) is 0 Å². The van der Waals surface area contributed by atoms with Crippen LogP contribution in [0, 0.1) is 20.8 Å². The van der Waals surface area contributed by atoms with E-state index < -0.39 is 0 Å². The fourth-order valence-corrected chi connectivity index (χ4v) is 3.19. The van der Waals surface area contributed by atoms with E-state index in [1.807, 2.05) is 39.0 Å². The Hall–Kier alpha value is -0.870. The van der Waals surface area contributed by atoms with Crippen molar-refractivity contribution in [1.29, 1.82) is 0 Å². The summed E-state index contributed by atoms with van der Waals surface area (Å²) in [5.41, 5.74) is 4.56. The second kappa shape index (κ2) is 5.02. The number of aromatic nitrogens is 1. The van der Waals surface area contributed by atoms with E-state index in [9.17, 15) is 4.79 Å². The summed E-state index contributed by atoms with van der Waals surface area (Å²) in [5.74, 6) is 0.0192. The van der Waals surface area contributed by atoms with Crippen molar-refractivity contribution in [2.24, 2.45) is 0 Å². The van der Waals surface area contributed by atoms with Crippen LogP contribution in [0.3, 0.4) is 0 Å². The van der Waals surface area contributed by atoms with Crippen molar-refractivity contribution >= 4 is 37.6 Å². The van der Waals surface area contributed by atoms with Gasteiger partial charge in [0.25, 0.3) is 0 Å². The zero-order valence-electron chi connectivity index (χ0n) is 10.4. The summed E-state index contributed by atoms with van der Waals surface area (Å²) in [6.07, 6.45) is 0. The number of hydrogen-bond acceptors (Lipinski definition) is 1. The number of carbonyl (C=O) groups is 1. The van der Waals surface area contributed by atoms with Gasteiger partial charge >= 0.3 is 0 Å². The number of hydrogen-bond donors (Lipinski definition) is 1. The number of aromatic amines is 1. The normalized spacial score (nSPS) is 10.7. The fraction of sp³-hybridized carbons (Fsp3) is 0.214. The first-order valence-electron chi connectivity index (χ1n) is 5.56. The predicted molar refractivity (Wildman–Crippen MR) is 80.3 cm³/mol. The lowest BCUT2D eigenvalue weighted by Crippen LogP contribution is -2.04. The van der Waals surface area contributed by atoms with Crippen molar-refractivity contribution in [2.75, 3.05) is 0 Å². The maximum atomic E-state index is 12.5. The van der Waals surface area contributed by atoms with Gasteiger partial charge in [0.05, 0.1) is 5.69 Å². The Kier molecular flexibility index (Phi) is 3.78. The van der Waals surface area contributed by atoms with Crippen LogP contribution in [0.1, 0.15) is 32.9 Å². The summed E-state index contributed by atoms with van der Waals surface area (Å²) in [7, 11) is 0. The monoisotopic (exact) mass is 369 g/mol. The number of rotatable bonds is 2. The first-order valence-corrected chi connectivity index (χ1v) is 7.15. The molecule has 18 heavy (non-hydrogen) atoms. The quantitative estimate of drug-likeness (QED) is 0.764. The summed E-state index contributed by atoms with van der Waals surface area (Å²) >= 11 is 6.80. The lowest BCUT2D eigenvalue weighted by atomic mass is 10.0. The van der Waals surface area contributed by atoms with Crippen molar-refractivity contribution in [3.8, 4) is 0 Å². The van der Waals surface area contributed by atoms with Gasteiger partial charge in [-0.2, -0.15) is 0 Å². The zero-order chi connectivity index (χ0) is 13.4. The van der Waals surface area contributed by atoms with Gasteiger partial charge < -0.3 is 4.98 Å². The lowest BCUT2D eigenvalue weighted by Gasteiger charge is -2.03. The average molecular weight is 371 g/mol. The molecule has 2 nitrogen and oxygen atoms in total. The molecular weight excluding hydrogens is 358 g/mol. The summed E-state index contributed by atoms with van der Waals surface area (Å²) in [6, 6.07) is 5.57. The molecule has 2 aromatic rings. The Morgan fingerprint density at radius 1 is 1.00 bits per heavy atom. The van der Waals surface area contributed by atoms with Crippen molar-refractivity contribution in [1.82, 2.24) is 4.98 Å². The van der Waals surface area contributed by atoms with Crippen molar-refractivity contribution in [2.45, 2.75) is 20.8 Å². The molecule has 0 aliphatic rings. The van der Waals surface area contributed by atoms with E-state index in [0.717, 1.165) is 25.8 Å². The SMILES string of the molecule is Cc1[nH]c(C(=O)c2cc(Br)cc(Br)c2)c(C)c1C. The molecule has 0 saturated heterocycles. The first kappa shape index (κ1) is 13.6. The number of aryl methyl sites for hydroxylation is 1. The molecule has 0 aliphatic carbocycles. The van der Waals surface area contributed by atoms with Crippen molar-refractivity contribution in [3.05, 3.63) is 55.2 Å². The van der Waals surface area contributed by atoms with Gasteiger partial charge in [-0.3, -0.25) is 4.79 Å². The molecule has 2 rings (SSSR count). The number of H-pyrrole nitrogens is 1. The van der Waals surface area contributed by atoms with Gasteiger partial charge in [-0.15, -0.1) is 0 Å². The smallest absolute Gasteiger partial charge is 0.209 e. The molecule has 0 unspecified atom stereocenters. The number of ketones is 1. The number of halogens is 2. The van der Waals surface area contributed by atoms with E-state index in [4.69, 9.17) is 0 Å². The molecule has 94 valence electrons. The van der Waals surface area contributed by atoms with Gasteiger partial charge in [-0.25, -0.2) is 0 Å². The van der Waals surface area contributed by atoms with Gasteiger partial charge in [-0.05, 0) is 50.1 Å². The molecule has 0 spiro atoms. The van der Waals surface area contributed by atoms with Crippen LogP contribution in [0.4, 0.5) is 0 Å². The minimum atomic E-state index is 0.0192. The third kappa shape index (κ3) is 2.45. The van der Waals surface area contributed by atoms with E-state index >= 15 is 0 Å². The molecule has 1 aromatic carbocycles. The van der Waals surface area contributed by atoms with Gasteiger partial charge in [-0.1, -0.05) is 31.9 Å². The fourth-order valence-electron chi connectivity index (χ4n) is 1.90. The van der Waals surface area contributed by atoms with Crippen LogP contribution < -0.4 is 0 Å². The molecular formula is C14H13Br2NO. The van der Waals surface area contributed by atoms with E-state index in [1.54, 1.807) is 0 Å². The number of carbonyl (C=O) groups excluding carboxylic acids is 1. The van der Waals surface area contributed by atoms with Crippen LogP contribution >= 0.6 is 31.9 Å². The number of nitrogens with one attached hydrogen (secondary N) is 1. The van der Waals surface area contributed by atoms with Crippen LogP contribution in [0.15, 0.2) is 27.1 Å². The lowest BCUT2D eigenvalue weighted by molar-refractivity contribution is 0.103.